The predicted molar refractivity (Wildman–Crippen MR) is 91.4 cm³/mol. The van der Waals surface area contributed by atoms with Crippen molar-refractivity contribution < 1.29 is 19.1 Å². The highest BCUT2D eigenvalue weighted by Gasteiger charge is 2.10. The summed E-state index contributed by atoms with van der Waals surface area (Å²) in [6, 6.07) is 0. The fourth-order valence-electron chi connectivity index (χ4n) is 2.42. The van der Waals surface area contributed by atoms with Crippen LogP contribution in [0.5, 0.6) is 0 Å². The molecule has 134 valence electrons. The number of unbranched alkanes of at least 4 members (excludes halogenated alkanes) is 9. The first kappa shape index (κ1) is 21.8. The number of hydrogen-bond acceptors (Lipinski definition) is 5. The monoisotopic (exact) mass is 327 g/mol. The average Bonchev–Trinajstić information content (AvgIpc) is 2.53. The van der Waals surface area contributed by atoms with E-state index in [9.17, 15) is 14.4 Å². The molecule has 0 radical (unpaired) electrons. The zero-order valence-electron chi connectivity index (χ0n) is 14.6. The summed E-state index contributed by atoms with van der Waals surface area (Å²) in [4.78, 5) is 33.9. The number of hydrogen-bond donors (Lipinski definition) is 0. The van der Waals surface area contributed by atoms with Crippen molar-refractivity contribution in [3.8, 4) is 0 Å². The van der Waals surface area contributed by atoms with Crippen LogP contribution in [0, 0.1) is 0 Å². The van der Waals surface area contributed by atoms with Gasteiger partial charge in [0.25, 0.3) is 0 Å². The topological polar surface area (TPSA) is 63.7 Å². The van der Waals surface area contributed by atoms with Gasteiger partial charge in [-0.05, 0) is 6.42 Å². The molecule has 0 fully saturated rings. The van der Waals surface area contributed by atoms with Crippen LogP contribution in [0.25, 0.3) is 0 Å². The van der Waals surface area contributed by atoms with Crippen molar-refractivity contribution in [2.45, 2.75) is 71.1 Å². The molecular formula is C18H33NO4. The van der Waals surface area contributed by atoms with Crippen LogP contribution in [0.1, 0.15) is 71.1 Å². The molecule has 0 heterocycles. The summed E-state index contributed by atoms with van der Waals surface area (Å²) in [7, 11) is 0. The number of carbonyl (C=O) groups is 3. The zero-order chi connectivity index (χ0) is 17.2. The molecule has 0 aromatic carbocycles. The van der Waals surface area contributed by atoms with E-state index < -0.39 is 0 Å². The van der Waals surface area contributed by atoms with Gasteiger partial charge >= 0.3 is 5.97 Å². The van der Waals surface area contributed by atoms with Gasteiger partial charge in [0.15, 0.2) is 0 Å². The lowest BCUT2D eigenvalue weighted by molar-refractivity contribution is -0.145. The van der Waals surface area contributed by atoms with Gasteiger partial charge in [-0.25, -0.2) is 0 Å². The van der Waals surface area contributed by atoms with Crippen LogP contribution in [0.3, 0.4) is 0 Å². The van der Waals surface area contributed by atoms with E-state index in [4.69, 9.17) is 4.74 Å². The van der Waals surface area contributed by atoms with Gasteiger partial charge in [0, 0.05) is 0 Å². The Hall–Kier alpha value is -1.23. The second-order valence-corrected chi connectivity index (χ2v) is 5.93. The maximum atomic E-state index is 11.6. The summed E-state index contributed by atoms with van der Waals surface area (Å²) in [5, 5.41) is 0. The van der Waals surface area contributed by atoms with Crippen LogP contribution in [-0.4, -0.2) is 49.7 Å². The minimum absolute atomic E-state index is 0.00472. The third-order valence-electron chi connectivity index (χ3n) is 3.78. The molecule has 0 saturated carbocycles. The van der Waals surface area contributed by atoms with Gasteiger partial charge in [0.1, 0.15) is 12.6 Å². The van der Waals surface area contributed by atoms with Crippen LogP contribution in [-0.2, 0) is 19.1 Å². The van der Waals surface area contributed by atoms with Gasteiger partial charge in [-0.2, -0.15) is 0 Å². The van der Waals surface area contributed by atoms with Crippen LogP contribution >= 0.6 is 0 Å². The zero-order valence-corrected chi connectivity index (χ0v) is 14.6. The third kappa shape index (κ3) is 15.4. The molecule has 0 aliphatic carbocycles. The van der Waals surface area contributed by atoms with E-state index in [1.165, 1.54) is 56.3 Å². The van der Waals surface area contributed by atoms with Gasteiger partial charge < -0.3 is 14.3 Å². The summed E-state index contributed by atoms with van der Waals surface area (Å²) in [6.07, 6.45) is 13.7. The van der Waals surface area contributed by atoms with E-state index in [0.29, 0.717) is 19.2 Å². The van der Waals surface area contributed by atoms with Crippen molar-refractivity contribution >= 4 is 18.5 Å². The molecule has 0 aromatic rings. The van der Waals surface area contributed by atoms with Gasteiger partial charge in [0.05, 0.1) is 26.2 Å². The Labute approximate surface area is 140 Å². The summed E-state index contributed by atoms with van der Waals surface area (Å²) in [5.41, 5.74) is 0. The number of aldehydes is 2. The minimum Gasteiger partial charge on any atom is -0.465 e. The first-order valence-corrected chi connectivity index (χ1v) is 8.99. The van der Waals surface area contributed by atoms with E-state index in [0.717, 1.165) is 12.8 Å². The molecule has 23 heavy (non-hydrogen) atoms. The molecule has 0 amide bonds. The smallest absolute Gasteiger partial charge is 0.320 e. The lowest BCUT2D eigenvalue weighted by Crippen LogP contribution is -2.34. The number of carbonyl (C=O) groups excluding carboxylic acids is 3. The molecule has 0 aromatic heterocycles. The molecule has 0 saturated heterocycles. The Morgan fingerprint density at radius 1 is 0.826 bits per heavy atom. The molecule has 0 atom stereocenters. The Kier molecular flexibility index (Phi) is 16.2. The maximum absolute atomic E-state index is 11.6. The Morgan fingerprint density at radius 2 is 1.30 bits per heavy atom. The molecule has 0 aliphatic rings. The van der Waals surface area contributed by atoms with Gasteiger partial charge in [-0.1, -0.05) is 64.7 Å². The van der Waals surface area contributed by atoms with Crippen LogP contribution < -0.4 is 0 Å². The second kappa shape index (κ2) is 17.1. The number of nitrogens with zero attached hydrogens (tertiary/aromatic N) is 1. The molecule has 0 aliphatic heterocycles. The fourth-order valence-corrected chi connectivity index (χ4v) is 2.42. The van der Waals surface area contributed by atoms with Crippen LogP contribution in [0.4, 0.5) is 0 Å². The normalized spacial score (nSPS) is 10.7. The predicted octanol–water partition coefficient (Wildman–Crippen LogP) is 3.15. The van der Waals surface area contributed by atoms with Crippen LogP contribution in [0.15, 0.2) is 0 Å². The van der Waals surface area contributed by atoms with Crippen molar-refractivity contribution in [2.75, 3.05) is 26.2 Å². The Morgan fingerprint density at radius 3 is 1.78 bits per heavy atom. The molecule has 5 nitrogen and oxygen atoms in total. The summed E-state index contributed by atoms with van der Waals surface area (Å²) < 4.78 is 5.12. The quantitative estimate of drug-likeness (QED) is 0.233. The van der Waals surface area contributed by atoms with E-state index in [1.807, 2.05) is 0 Å². The highest BCUT2D eigenvalue weighted by Crippen LogP contribution is 2.10. The van der Waals surface area contributed by atoms with E-state index in [1.54, 1.807) is 0 Å². The lowest BCUT2D eigenvalue weighted by Gasteiger charge is -2.15. The number of ether oxygens (including phenoxy) is 1. The Bertz CT molecular complexity index is 297. The Balaban J connectivity index is 3.41. The molecular weight excluding hydrogens is 294 g/mol. The number of rotatable bonds is 17. The lowest BCUT2D eigenvalue weighted by atomic mass is 10.1. The van der Waals surface area contributed by atoms with Crippen LogP contribution in [0.2, 0.25) is 0 Å². The minimum atomic E-state index is -0.371. The summed E-state index contributed by atoms with van der Waals surface area (Å²) >= 11 is 0. The highest BCUT2D eigenvalue weighted by molar-refractivity contribution is 5.72. The second-order valence-electron chi connectivity index (χ2n) is 5.93. The largest absolute Gasteiger partial charge is 0.465 e. The molecule has 0 N–H and O–H groups in total. The summed E-state index contributed by atoms with van der Waals surface area (Å²) in [5.74, 6) is -0.371. The van der Waals surface area contributed by atoms with E-state index in [2.05, 4.69) is 6.92 Å². The molecule has 0 spiro atoms. The third-order valence-corrected chi connectivity index (χ3v) is 3.78. The van der Waals surface area contributed by atoms with E-state index >= 15 is 0 Å². The fraction of sp³-hybridized carbons (Fsp3) is 0.833. The van der Waals surface area contributed by atoms with Gasteiger partial charge in [-0.15, -0.1) is 0 Å². The van der Waals surface area contributed by atoms with Crippen molar-refractivity contribution in [3.63, 3.8) is 0 Å². The molecule has 0 bridgehead atoms. The van der Waals surface area contributed by atoms with Gasteiger partial charge in [0.2, 0.25) is 0 Å². The van der Waals surface area contributed by atoms with Crippen molar-refractivity contribution in [3.05, 3.63) is 0 Å². The number of esters is 1. The van der Waals surface area contributed by atoms with Crippen molar-refractivity contribution in [1.82, 2.24) is 4.90 Å². The average molecular weight is 327 g/mol. The first-order valence-electron chi connectivity index (χ1n) is 8.99. The molecule has 0 rings (SSSR count). The van der Waals surface area contributed by atoms with Gasteiger partial charge in [-0.3, -0.25) is 9.69 Å². The SMILES string of the molecule is CCCCCCCCCCCCOC(=O)CN(CC=O)CC=O. The highest BCUT2D eigenvalue weighted by atomic mass is 16.5. The molecule has 0 unspecified atom stereocenters. The summed E-state index contributed by atoms with van der Waals surface area (Å²) in [6.45, 7) is 2.80. The first-order chi connectivity index (χ1) is 11.2. The van der Waals surface area contributed by atoms with Crippen molar-refractivity contribution in [2.24, 2.45) is 0 Å². The molecule has 5 heteroatoms. The van der Waals surface area contributed by atoms with Crippen molar-refractivity contribution in [1.29, 1.82) is 0 Å². The van der Waals surface area contributed by atoms with E-state index in [-0.39, 0.29) is 25.6 Å². The maximum Gasteiger partial charge on any atom is 0.320 e. The standard InChI is InChI=1S/C18H33NO4/c1-2-3-4-5-6-7-8-9-10-11-16-23-18(22)17-19(12-14-20)13-15-21/h14-15H,2-13,16-17H2,1H3.